The molecule has 0 radical (unpaired) electrons. The first-order valence-electron chi connectivity index (χ1n) is 11.5. The zero-order valence-corrected chi connectivity index (χ0v) is 22.8. The van der Waals surface area contributed by atoms with Crippen LogP contribution >= 0.6 is 11.6 Å². The molecule has 0 saturated heterocycles. The van der Waals surface area contributed by atoms with Crippen molar-refractivity contribution >= 4 is 39.1 Å². The van der Waals surface area contributed by atoms with Crippen molar-refractivity contribution in [1.82, 2.24) is 10.2 Å². The maximum atomic E-state index is 13.5. The summed E-state index contributed by atoms with van der Waals surface area (Å²) < 4.78 is 65.8. The average molecular weight is 562 g/mol. The third kappa shape index (κ3) is 8.36. The van der Waals surface area contributed by atoms with Crippen LogP contribution in [0.15, 0.2) is 42.5 Å². The minimum Gasteiger partial charge on any atom is -0.354 e. The average Bonchev–Trinajstić information content (AvgIpc) is 2.79. The van der Waals surface area contributed by atoms with Gasteiger partial charge in [0.1, 0.15) is 12.6 Å². The molecule has 12 heteroatoms. The van der Waals surface area contributed by atoms with Gasteiger partial charge in [-0.3, -0.25) is 13.9 Å². The van der Waals surface area contributed by atoms with Crippen LogP contribution in [0.4, 0.5) is 18.9 Å². The summed E-state index contributed by atoms with van der Waals surface area (Å²) in [7, 11) is -4.25. The van der Waals surface area contributed by atoms with Crippen molar-refractivity contribution in [3.8, 4) is 0 Å². The SMILES string of the molecule is Cc1ccccc1CN(C(=O)CN(c1cc(C(F)(F)F)ccc1Cl)S(C)(=O)=O)[C@@H](C)C(=O)NCC(C)C. The Labute approximate surface area is 220 Å². The summed E-state index contributed by atoms with van der Waals surface area (Å²) in [6, 6.07) is 8.41. The lowest BCUT2D eigenvalue weighted by Gasteiger charge is -2.32. The van der Waals surface area contributed by atoms with Crippen LogP contribution in [0.2, 0.25) is 5.02 Å². The number of nitrogens with one attached hydrogen (secondary N) is 1. The minimum absolute atomic E-state index is 0.0182. The molecule has 1 N–H and O–H groups in total. The van der Waals surface area contributed by atoms with Gasteiger partial charge in [0.05, 0.1) is 22.5 Å². The molecule has 0 heterocycles. The van der Waals surface area contributed by atoms with Crippen LogP contribution in [0.1, 0.15) is 37.5 Å². The molecule has 0 aliphatic rings. The van der Waals surface area contributed by atoms with Crippen molar-refractivity contribution in [3.05, 3.63) is 64.2 Å². The number of carbonyl (C=O) groups is 2. The molecule has 0 spiro atoms. The van der Waals surface area contributed by atoms with Crippen LogP contribution in [0.5, 0.6) is 0 Å². The van der Waals surface area contributed by atoms with Gasteiger partial charge < -0.3 is 10.2 Å². The molecule has 2 aromatic carbocycles. The first-order valence-corrected chi connectivity index (χ1v) is 13.7. The molecule has 0 aliphatic carbocycles. The second kappa shape index (κ2) is 12.2. The number of benzene rings is 2. The Morgan fingerprint density at radius 2 is 1.70 bits per heavy atom. The first-order chi connectivity index (χ1) is 17.0. The van der Waals surface area contributed by atoms with Gasteiger partial charge in [-0.1, -0.05) is 49.7 Å². The lowest BCUT2D eigenvalue weighted by atomic mass is 10.1. The summed E-state index contributed by atoms with van der Waals surface area (Å²) in [6.07, 6.45) is -3.99. The smallest absolute Gasteiger partial charge is 0.354 e. The van der Waals surface area contributed by atoms with E-state index in [9.17, 15) is 31.2 Å². The third-order valence-corrected chi connectivity index (χ3v) is 7.12. The molecule has 2 amide bonds. The number of anilines is 1. The lowest BCUT2D eigenvalue weighted by Crippen LogP contribution is -2.51. The summed E-state index contributed by atoms with van der Waals surface area (Å²) in [5, 5.41) is 2.48. The minimum atomic E-state index is -4.76. The topological polar surface area (TPSA) is 86.8 Å². The number of amides is 2. The van der Waals surface area contributed by atoms with Gasteiger partial charge in [-0.15, -0.1) is 0 Å². The quantitative estimate of drug-likeness (QED) is 0.458. The number of aryl methyl sites for hydroxylation is 1. The summed E-state index contributed by atoms with van der Waals surface area (Å²) >= 11 is 6.08. The second-order valence-electron chi connectivity index (χ2n) is 9.20. The number of hydrogen-bond donors (Lipinski definition) is 1. The van der Waals surface area contributed by atoms with E-state index in [4.69, 9.17) is 11.6 Å². The highest BCUT2D eigenvalue weighted by Crippen LogP contribution is 2.36. The summed E-state index contributed by atoms with van der Waals surface area (Å²) in [6.45, 7) is 6.64. The van der Waals surface area contributed by atoms with Gasteiger partial charge in [0.25, 0.3) is 0 Å². The predicted octanol–water partition coefficient (Wildman–Crippen LogP) is 4.62. The highest BCUT2D eigenvalue weighted by Gasteiger charge is 2.34. The molecule has 0 saturated carbocycles. The molecule has 7 nitrogen and oxygen atoms in total. The summed E-state index contributed by atoms with van der Waals surface area (Å²) in [5.41, 5.74) is -0.0374. The number of rotatable bonds is 10. The van der Waals surface area contributed by atoms with Crippen molar-refractivity contribution in [2.75, 3.05) is 23.7 Å². The van der Waals surface area contributed by atoms with E-state index in [0.717, 1.165) is 29.5 Å². The number of nitrogens with zero attached hydrogens (tertiary/aromatic N) is 2. The second-order valence-corrected chi connectivity index (χ2v) is 11.5. The highest BCUT2D eigenvalue weighted by molar-refractivity contribution is 7.92. The first kappa shape index (κ1) is 30.4. The van der Waals surface area contributed by atoms with E-state index in [2.05, 4.69) is 5.32 Å². The Morgan fingerprint density at radius 1 is 1.08 bits per heavy atom. The summed E-state index contributed by atoms with van der Waals surface area (Å²) in [5.74, 6) is -1.08. The van der Waals surface area contributed by atoms with Gasteiger partial charge in [0.15, 0.2) is 0 Å². The van der Waals surface area contributed by atoms with E-state index in [0.29, 0.717) is 16.9 Å². The van der Waals surface area contributed by atoms with Crippen molar-refractivity contribution in [2.24, 2.45) is 5.92 Å². The van der Waals surface area contributed by atoms with E-state index >= 15 is 0 Å². The fraction of sp³-hybridized carbons (Fsp3) is 0.440. The van der Waals surface area contributed by atoms with Gasteiger partial charge >= 0.3 is 6.18 Å². The number of alkyl halides is 3. The van der Waals surface area contributed by atoms with E-state index in [-0.39, 0.29) is 17.5 Å². The van der Waals surface area contributed by atoms with E-state index in [1.165, 1.54) is 11.8 Å². The number of carbonyl (C=O) groups excluding carboxylic acids is 2. The number of hydrogen-bond acceptors (Lipinski definition) is 4. The standard InChI is InChI=1S/C25H31ClF3N3O4S/c1-16(2)13-30-24(34)18(4)31(14-19-9-7-6-8-17(19)3)23(33)15-32(37(5,35)36)22-12-20(25(27,28)29)10-11-21(22)26/h6-12,16,18H,13-15H2,1-5H3,(H,30,34)/t18-/m0/s1. The van der Waals surface area contributed by atoms with Crippen molar-refractivity contribution in [2.45, 2.75) is 46.5 Å². The van der Waals surface area contributed by atoms with Crippen LogP contribution in [0.25, 0.3) is 0 Å². The largest absolute Gasteiger partial charge is 0.416 e. The number of sulfonamides is 1. The molecule has 0 aromatic heterocycles. The lowest BCUT2D eigenvalue weighted by molar-refractivity contribution is -0.139. The number of halogens is 4. The maximum Gasteiger partial charge on any atom is 0.416 e. The van der Waals surface area contributed by atoms with Crippen LogP contribution in [-0.4, -0.2) is 50.5 Å². The van der Waals surface area contributed by atoms with Crippen molar-refractivity contribution in [3.63, 3.8) is 0 Å². The molecular formula is C25H31ClF3N3O4S. The zero-order chi connectivity index (χ0) is 28.1. The normalized spacial score (nSPS) is 12.8. The highest BCUT2D eigenvalue weighted by atomic mass is 35.5. The Hall–Kier alpha value is -2.79. The Balaban J connectivity index is 2.49. The third-order valence-electron chi connectivity index (χ3n) is 5.68. The molecule has 2 rings (SSSR count). The fourth-order valence-electron chi connectivity index (χ4n) is 3.48. The Bertz CT molecular complexity index is 1240. The van der Waals surface area contributed by atoms with Gasteiger partial charge in [0, 0.05) is 13.1 Å². The predicted molar refractivity (Wildman–Crippen MR) is 138 cm³/mol. The molecule has 0 aliphatic heterocycles. The molecule has 204 valence electrons. The Morgan fingerprint density at radius 3 is 2.24 bits per heavy atom. The molecule has 0 unspecified atom stereocenters. The van der Waals surface area contributed by atoms with Gasteiger partial charge in [-0.2, -0.15) is 13.2 Å². The molecule has 37 heavy (non-hydrogen) atoms. The van der Waals surface area contributed by atoms with Crippen molar-refractivity contribution < 1.29 is 31.2 Å². The van der Waals surface area contributed by atoms with E-state index < -0.39 is 51.9 Å². The van der Waals surface area contributed by atoms with E-state index in [1.54, 1.807) is 12.1 Å². The maximum absolute atomic E-state index is 13.5. The molecule has 0 fully saturated rings. The molecular weight excluding hydrogens is 531 g/mol. The Kier molecular flexibility index (Phi) is 10.0. The molecule has 1 atom stereocenters. The molecule has 2 aromatic rings. The van der Waals surface area contributed by atoms with Crippen molar-refractivity contribution in [1.29, 1.82) is 0 Å². The van der Waals surface area contributed by atoms with Crippen LogP contribution in [-0.2, 0) is 32.3 Å². The van der Waals surface area contributed by atoms with Gasteiger partial charge in [-0.05, 0) is 49.1 Å². The van der Waals surface area contributed by atoms with Crippen LogP contribution < -0.4 is 9.62 Å². The fourth-order valence-corrected chi connectivity index (χ4v) is 4.60. The van der Waals surface area contributed by atoms with E-state index in [1.807, 2.05) is 32.9 Å². The summed E-state index contributed by atoms with van der Waals surface area (Å²) in [4.78, 5) is 27.6. The molecule has 0 bridgehead atoms. The van der Waals surface area contributed by atoms with Crippen LogP contribution in [0.3, 0.4) is 0 Å². The zero-order valence-electron chi connectivity index (χ0n) is 21.3. The van der Waals surface area contributed by atoms with Crippen LogP contribution in [0, 0.1) is 12.8 Å². The van der Waals surface area contributed by atoms with Gasteiger partial charge in [-0.25, -0.2) is 8.42 Å². The monoisotopic (exact) mass is 561 g/mol. The van der Waals surface area contributed by atoms with Gasteiger partial charge in [0.2, 0.25) is 21.8 Å².